The standard InChI is InChI=1S/C12H12ClNO3/c13-10-3-1-8(2-4-10)6-14-7-9(12(16)17)5-11(14)15/h1-4,9H,5-7H2,(H,16,17)/t9-/m0/s1. The van der Waals surface area contributed by atoms with Crippen LogP contribution in [0.15, 0.2) is 24.3 Å². The van der Waals surface area contributed by atoms with E-state index in [0.29, 0.717) is 11.6 Å². The third-order valence-corrected chi connectivity index (χ3v) is 3.10. The van der Waals surface area contributed by atoms with Crippen molar-refractivity contribution in [3.05, 3.63) is 34.9 Å². The lowest BCUT2D eigenvalue weighted by molar-refractivity contribution is -0.141. The van der Waals surface area contributed by atoms with Gasteiger partial charge in [-0.3, -0.25) is 9.59 Å². The zero-order valence-electron chi connectivity index (χ0n) is 9.10. The molecule has 1 heterocycles. The van der Waals surface area contributed by atoms with Crippen molar-refractivity contribution in [1.82, 2.24) is 4.90 Å². The molecule has 0 aromatic heterocycles. The molecule has 0 unspecified atom stereocenters. The first-order valence-corrected chi connectivity index (χ1v) is 5.69. The number of benzene rings is 1. The minimum atomic E-state index is -0.906. The van der Waals surface area contributed by atoms with Gasteiger partial charge in [0.05, 0.1) is 5.92 Å². The van der Waals surface area contributed by atoms with E-state index in [9.17, 15) is 9.59 Å². The van der Waals surface area contributed by atoms with Crippen LogP contribution in [-0.2, 0) is 16.1 Å². The number of likely N-dealkylation sites (tertiary alicyclic amines) is 1. The summed E-state index contributed by atoms with van der Waals surface area (Å²) in [6.07, 6.45) is 0.100. The van der Waals surface area contributed by atoms with E-state index in [0.717, 1.165) is 5.56 Å². The number of rotatable bonds is 3. The Labute approximate surface area is 104 Å². The number of amides is 1. The zero-order chi connectivity index (χ0) is 12.4. The summed E-state index contributed by atoms with van der Waals surface area (Å²) in [6, 6.07) is 7.19. The van der Waals surface area contributed by atoms with E-state index < -0.39 is 11.9 Å². The predicted molar refractivity (Wildman–Crippen MR) is 62.6 cm³/mol. The van der Waals surface area contributed by atoms with E-state index >= 15 is 0 Å². The third kappa shape index (κ3) is 2.77. The van der Waals surface area contributed by atoms with Crippen molar-refractivity contribution in [2.75, 3.05) is 6.54 Å². The molecule has 1 aromatic rings. The fourth-order valence-corrected chi connectivity index (χ4v) is 2.03. The molecule has 4 nitrogen and oxygen atoms in total. The van der Waals surface area contributed by atoms with Crippen molar-refractivity contribution in [3.8, 4) is 0 Å². The molecule has 2 rings (SSSR count). The Bertz CT molecular complexity index is 444. The SMILES string of the molecule is O=C(O)[C@H]1CC(=O)N(Cc2ccc(Cl)cc2)C1. The minimum absolute atomic E-state index is 0.100. The highest BCUT2D eigenvalue weighted by atomic mass is 35.5. The molecular weight excluding hydrogens is 242 g/mol. The number of halogens is 1. The van der Waals surface area contributed by atoms with Gasteiger partial charge in [-0.25, -0.2) is 0 Å². The average molecular weight is 254 g/mol. The molecule has 1 fully saturated rings. The molecule has 0 spiro atoms. The normalized spacial score (nSPS) is 19.7. The molecule has 0 saturated carbocycles. The first kappa shape index (κ1) is 11.9. The van der Waals surface area contributed by atoms with Crippen molar-refractivity contribution in [2.24, 2.45) is 5.92 Å². The number of carboxylic acid groups (broad SMARTS) is 1. The predicted octanol–water partition coefficient (Wildman–Crippen LogP) is 1.77. The Morgan fingerprint density at radius 2 is 2.06 bits per heavy atom. The van der Waals surface area contributed by atoms with Crippen LogP contribution < -0.4 is 0 Å². The van der Waals surface area contributed by atoms with E-state index in [1.165, 1.54) is 0 Å². The Morgan fingerprint density at radius 1 is 1.41 bits per heavy atom. The Hall–Kier alpha value is -1.55. The molecule has 5 heteroatoms. The number of carbonyl (C=O) groups is 2. The molecule has 1 saturated heterocycles. The van der Waals surface area contributed by atoms with Gasteiger partial charge < -0.3 is 10.0 Å². The monoisotopic (exact) mass is 253 g/mol. The number of hydrogen-bond donors (Lipinski definition) is 1. The van der Waals surface area contributed by atoms with Gasteiger partial charge >= 0.3 is 5.97 Å². The number of hydrogen-bond acceptors (Lipinski definition) is 2. The van der Waals surface area contributed by atoms with Crippen molar-refractivity contribution >= 4 is 23.5 Å². The highest BCUT2D eigenvalue weighted by Crippen LogP contribution is 2.20. The van der Waals surface area contributed by atoms with Gasteiger partial charge in [0.25, 0.3) is 0 Å². The number of carboxylic acids is 1. The van der Waals surface area contributed by atoms with Crippen molar-refractivity contribution in [2.45, 2.75) is 13.0 Å². The second-order valence-corrected chi connectivity index (χ2v) is 4.58. The largest absolute Gasteiger partial charge is 0.481 e. The van der Waals surface area contributed by atoms with Crippen LogP contribution >= 0.6 is 11.6 Å². The average Bonchev–Trinajstić information content (AvgIpc) is 2.64. The topological polar surface area (TPSA) is 57.6 Å². The van der Waals surface area contributed by atoms with Crippen molar-refractivity contribution in [1.29, 1.82) is 0 Å². The van der Waals surface area contributed by atoms with Gasteiger partial charge in [0.2, 0.25) is 5.91 Å². The van der Waals surface area contributed by atoms with Gasteiger partial charge in [-0.05, 0) is 17.7 Å². The van der Waals surface area contributed by atoms with Gasteiger partial charge in [0.1, 0.15) is 0 Å². The van der Waals surface area contributed by atoms with E-state index in [1.807, 2.05) is 12.1 Å². The molecule has 90 valence electrons. The van der Waals surface area contributed by atoms with Gasteiger partial charge in [-0.1, -0.05) is 23.7 Å². The molecule has 1 aromatic carbocycles. The molecule has 1 aliphatic heterocycles. The van der Waals surface area contributed by atoms with E-state index in [4.69, 9.17) is 16.7 Å². The first-order valence-electron chi connectivity index (χ1n) is 5.31. The summed E-state index contributed by atoms with van der Waals surface area (Å²) >= 11 is 5.76. The third-order valence-electron chi connectivity index (χ3n) is 2.85. The fraction of sp³-hybridized carbons (Fsp3) is 0.333. The summed E-state index contributed by atoms with van der Waals surface area (Å²) in [5.74, 6) is -1.58. The summed E-state index contributed by atoms with van der Waals surface area (Å²) in [6.45, 7) is 0.733. The molecular formula is C12H12ClNO3. The fourth-order valence-electron chi connectivity index (χ4n) is 1.90. The van der Waals surface area contributed by atoms with Crippen LogP contribution in [0.2, 0.25) is 5.02 Å². The van der Waals surface area contributed by atoms with E-state index in [1.54, 1.807) is 17.0 Å². The maximum atomic E-state index is 11.6. The second-order valence-electron chi connectivity index (χ2n) is 4.14. The van der Waals surface area contributed by atoms with Crippen LogP contribution in [0.1, 0.15) is 12.0 Å². The number of carbonyl (C=O) groups excluding carboxylic acids is 1. The maximum absolute atomic E-state index is 11.6. The lowest BCUT2D eigenvalue weighted by Crippen LogP contribution is -2.25. The quantitative estimate of drug-likeness (QED) is 0.893. The van der Waals surface area contributed by atoms with E-state index in [-0.39, 0.29) is 18.9 Å². The Morgan fingerprint density at radius 3 is 2.59 bits per heavy atom. The molecule has 1 atom stereocenters. The Kier molecular flexibility index (Phi) is 3.33. The maximum Gasteiger partial charge on any atom is 0.308 e. The van der Waals surface area contributed by atoms with Crippen molar-refractivity contribution in [3.63, 3.8) is 0 Å². The Balaban J connectivity index is 2.02. The highest BCUT2D eigenvalue weighted by molar-refractivity contribution is 6.30. The molecule has 0 bridgehead atoms. The van der Waals surface area contributed by atoms with Crippen LogP contribution in [-0.4, -0.2) is 28.4 Å². The number of aliphatic carboxylic acids is 1. The van der Waals surface area contributed by atoms with Crippen LogP contribution in [0.3, 0.4) is 0 Å². The lowest BCUT2D eigenvalue weighted by atomic mass is 10.1. The minimum Gasteiger partial charge on any atom is -0.481 e. The molecule has 0 aliphatic carbocycles. The second kappa shape index (κ2) is 4.75. The van der Waals surface area contributed by atoms with Gasteiger partial charge in [-0.15, -0.1) is 0 Å². The highest BCUT2D eigenvalue weighted by Gasteiger charge is 2.33. The van der Waals surface area contributed by atoms with Gasteiger partial charge in [-0.2, -0.15) is 0 Å². The van der Waals surface area contributed by atoms with Crippen LogP contribution in [0, 0.1) is 5.92 Å². The smallest absolute Gasteiger partial charge is 0.308 e. The summed E-state index contributed by atoms with van der Waals surface area (Å²) in [7, 11) is 0. The lowest BCUT2D eigenvalue weighted by Gasteiger charge is -2.15. The van der Waals surface area contributed by atoms with Crippen LogP contribution in [0.4, 0.5) is 0 Å². The van der Waals surface area contributed by atoms with E-state index in [2.05, 4.69) is 0 Å². The summed E-state index contributed by atoms with van der Waals surface area (Å²) in [4.78, 5) is 24.0. The first-order chi connectivity index (χ1) is 8.06. The van der Waals surface area contributed by atoms with Gasteiger partial charge in [0.15, 0.2) is 0 Å². The summed E-state index contributed by atoms with van der Waals surface area (Å²) in [5.41, 5.74) is 0.953. The van der Waals surface area contributed by atoms with Crippen LogP contribution in [0.25, 0.3) is 0 Å². The van der Waals surface area contributed by atoms with Crippen LogP contribution in [0.5, 0.6) is 0 Å². The molecule has 1 N–H and O–H groups in total. The van der Waals surface area contributed by atoms with Crippen molar-refractivity contribution < 1.29 is 14.7 Å². The van der Waals surface area contributed by atoms with Gasteiger partial charge in [0, 0.05) is 24.5 Å². The summed E-state index contributed by atoms with van der Waals surface area (Å²) in [5, 5.41) is 9.50. The zero-order valence-corrected chi connectivity index (χ0v) is 9.85. The molecule has 1 aliphatic rings. The number of nitrogens with zero attached hydrogens (tertiary/aromatic N) is 1. The molecule has 17 heavy (non-hydrogen) atoms. The molecule has 0 radical (unpaired) electrons. The summed E-state index contributed by atoms with van der Waals surface area (Å²) < 4.78 is 0. The molecule has 1 amide bonds.